The van der Waals surface area contributed by atoms with Gasteiger partial charge in [0.2, 0.25) is 5.16 Å². The lowest BCUT2D eigenvalue weighted by Crippen LogP contribution is -2.32. The molecule has 2 aromatic rings. The monoisotopic (exact) mass is 320 g/mol. The second-order valence-corrected chi connectivity index (χ2v) is 6.47. The molecule has 0 aliphatic rings. The highest BCUT2D eigenvalue weighted by Gasteiger charge is 2.23. The Balaban J connectivity index is 2.49. The fourth-order valence-electron chi connectivity index (χ4n) is 1.74. The van der Waals surface area contributed by atoms with Gasteiger partial charge in [0.15, 0.2) is 0 Å². The van der Waals surface area contributed by atoms with E-state index < -0.39 is 5.41 Å². The summed E-state index contributed by atoms with van der Waals surface area (Å²) in [6.45, 7) is 5.68. The lowest BCUT2D eigenvalue weighted by Gasteiger charge is -2.16. The van der Waals surface area contributed by atoms with Gasteiger partial charge in [0.1, 0.15) is 11.5 Å². The zero-order chi connectivity index (χ0) is 16.3. The lowest BCUT2D eigenvalue weighted by atomic mass is 9.93. The molecule has 0 fully saturated rings. The van der Waals surface area contributed by atoms with E-state index >= 15 is 0 Å². The Bertz CT molecular complexity index is 748. The van der Waals surface area contributed by atoms with Crippen molar-refractivity contribution in [2.75, 3.05) is 6.26 Å². The van der Waals surface area contributed by atoms with Crippen LogP contribution in [0.25, 0.3) is 0 Å². The molecule has 0 saturated heterocycles. The first-order valence-electron chi connectivity index (χ1n) is 6.67. The molecular weight excluding hydrogens is 303 g/mol. The Morgan fingerprint density at radius 1 is 1.23 bits per heavy atom. The summed E-state index contributed by atoms with van der Waals surface area (Å²) in [5, 5.41) is 12.7. The number of aromatic nitrogens is 3. The number of thioether (sulfide) groups is 1. The molecule has 0 N–H and O–H groups in total. The first kappa shape index (κ1) is 16.4. The van der Waals surface area contributed by atoms with Crippen molar-refractivity contribution >= 4 is 18.0 Å². The summed E-state index contributed by atoms with van der Waals surface area (Å²) in [4.78, 5) is 12.5. The number of benzene rings is 1. The van der Waals surface area contributed by atoms with Gasteiger partial charge in [-0.05, 0) is 24.0 Å². The Hall–Kier alpha value is -2.02. The van der Waals surface area contributed by atoms with Crippen molar-refractivity contribution in [1.82, 2.24) is 14.9 Å². The maximum atomic E-state index is 12.9. The molecule has 0 saturated carbocycles. The third-order valence-electron chi connectivity index (χ3n) is 2.90. The smallest absolute Gasteiger partial charge is 0.265 e. The third-order valence-corrected chi connectivity index (χ3v) is 3.52. The summed E-state index contributed by atoms with van der Waals surface area (Å²) in [5.74, 6) is -0.320. The van der Waals surface area contributed by atoms with Gasteiger partial charge < -0.3 is 0 Å². The molecule has 0 aliphatic carbocycles. The third kappa shape index (κ3) is 3.59. The molecule has 0 bridgehead atoms. The van der Waals surface area contributed by atoms with Gasteiger partial charge >= 0.3 is 0 Å². The lowest BCUT2D eigenvalue weighted by molar-refractivity contribution is 0.510. The summed E-state index contributed by atoms with van der Waals surface area (Å²) in [6.07, 6.45) is 3.29. The predicted octanol–water partition coefficient (Wildman–Crippen LogP) is 2.68. The van der Waals surface area contributed by atoms with Gasteiger partial charge in [0, 0.05) is 5.41 Å². The Morgan fingerprint density at radius 2 is 1.86 bits per heavy atom. The molecule has 0 unspecified atom stereocenters. The van der Waals surface area contributed by atoms with Crippen LogP contribution >= 0.6 is 11.8 Å². The zero-order valence-corrected chi connectivity index (χ0v) is 13.7. The van der Waals surface area contributed by atoms with Crippen molar-refractivity contribution < 1.29 is 4.39 Å². The van der Waals surface area contributed by atoms with Crippen LogP contribution in [0.3, 0.4) is 0 Å². The molecular formula is C15H17FN4OS. The van der Waals surface area contributed by atoms with Crippen molar-refractivity contribution in [2.24, 2.45) is 5.10 Å². The molecule has 0 spiro atoms. The van der Waals surface area contributed by atoms with Gasteiger partial charge in [-0.2, -0.15) is 9.78 Å². The quantitative estimate of drug-likeness (QED) is 0.644. The van der Waals surface area contributed by atoms with E-state index in [9.17, 15) is 9.18 Å². The topological polar surface area (TPSA) is 60.1 Å². The molecule has 0 atom stereocenters. The van der Waals surface area contributed by atoms with Gasteiger partial charge in [-0.15, -0.1) is 10.2 Å². The summed E-state index contributed by atoms with van der Waals surface area (Å²) in [5.41, 5.74) is 0.315. The number of hydrogen-bond acceptors (Lipinski definition) is 5. The largest absolute Gasteiger partial charge is 0.297 e. The number of rotatable bonds is 3. The van der Waals surface area contributed by atoms with Crippen molar-refractivity contribution in [1.29, 1.82) is 0 Å². The van der Waals surface area contributed by atoms with E-state index in [1.165, 1.54) is 34.8 Å². The van der Waals surface area contributed by atoms with Crippen LogP contribution < -0.4 is 5.56 Å². The normalized spacial score (nSPS) is 12.0. The number of hydrogen-bond donors (Lipinski definition) is 0. The van der Waals surface area contributed by atoms with E-state index in [-0.39, 0.29) is 11.4 Å². The Labute approximate surface area is 132 Å². The fourth-order valence-corrected chi connectivity index (χ4v) is 2.16. The first-order valence-corrected chi connectivity index (χ1v) is 7.89. The standard InChI is InChI=1S/C15H17FN4OS/c1-15(2,3)12-13(21)20(14(22-4)19-18-12)17-9-10-5-7-11(16)8-6-10/h5-9H,1-4H3. The number of halogens is 1. The average molecular weight is 320 g/mol. The van der Waals surface area contributed by atoms with Crippen LogP contribution in [0.1, 0.15) is 32.0 Å². The van der Waals surface area contributed by atoms with Crippen LogP contribution in [-0.4, -0.2) is 27.3 Å². The van der Waals surface area contributed by atoms with Gasteiger partial charge in [-0.25, -0.2) is 4.39 Å². The highest BCUT2D eigenvalue weighted by molar-refractivity contribution is 7.98. The van der Waals surface area contributed by atoms with E-state index in [4.69, 9.17) is 0 Å². The van der Waals surface area contributed by atoms with Crippen LogP contribution in [0.4, 0.5) is 4.39 Å². The minimum absolute atomic E-state index is 0.301. The Kier molecular flexibility index (Phi) is 4.75. The van der Waals surface area contributed by atoms with E-state index in [0.717, 1.165) is 0 Å². The van der Waals surface area contributed by atoms with Crippen LogP contribution in [0.2, 0.25) is 0 Å². The zero-order valence-electron chi connectivity index (χ0n) is 12.9. The molecule has 0 radical (unpaired) electrons. The van der Waals surface area contributed by atoms with Crippen molar-refractivity contribution in [3.8, 4) is 0 Å². The molecule has 0 aliphatic heterocycles. The molecule has 1 aromatic carbocycles. The maximum absolute atomic E-state index is 12.9. The fraction of sp³-hybridized carbons (Fsp3) is 0.333. The van der Waals surface area contributed by atoms with E-state index in [1.807, 2.05) is 20.8 Å². The van der Waals surface area contributed by atoms with Crippen molar-refractivity contribution in [2.45, 2.75) is 31.3 Å². The van der Waals surface area contributed by atoms with Crippen molar-refractivity contribution in [3.05, 3.63) is 51.7 Å². The summed E-state index contributed by atoms with van der Waals surface area (Å²) in [7, 11) is 0. The van der Waals surface area contributed by atoms with Gasteiger partial charge in [0.25, 0.3) is 5.56 Å². The molecule has 1 heterocycles. The number of nitrogens with zero attached hydrogens (tertiary/aromatic N) is 4. The molecule has 0 amide bonds. The molecule has 2 rings (SSSR count). The van der Waals surface area contributed by atoms with Crippen LogP contribution in [0, 0.1) is 5.82 Å². The van der Waals surface area contributed by atoms with Gasteiger partial charge in [0.05, 0.1) is 6.21 Å². The van der Waals surface area contributed by atoms with Gasteiger partial charge in [-0.1, -0.05) is 44.7 Å². The molecule has 116 valence electrons. The second kappa shape index (κ2) is 6.39. The molecule has 22 heavy (non-hydrogen) atoms. The predicted molar refractivity (Wildman–Crippen MR) is 86.2 cm³/mol. The molecule has 7 heteroatoms. The first-order chi connectivity index (χ1) is 10.3. The minimum atomic E-state index is -0.422. The highest BCUT2D eigenvalue weighted by atomic mass is 32.2. The van der Waals surface area contributed by atoms with Crippen molar-refractivity contribution in [3.63, 3.8) is 0 Å². The molecule has 5 nitrogen and oxygen atoms in total. The van der Waals surface area contributed by atoms with Crippen LogP contribution in [0.5, 0.6) is 0 Å². The summed E-state index contributed by atoms with van der Waals surface area (Å²) < 4.78 is 14.1. The summed E-state index contributed by atoms with van der Waals surface area (Å²) >= 11 is 1.28. The summed E-state index contributed by atoms with van der Waals surface area (Å²) in [6, 6.07) is 5.85. The van der Waals surface area contributed by atoms with E-state index in [0.29, 0.717) is 16.4 Å². The highest BCUT2D eigenvalue weighted by Crippen LogP contribution is 2.17. The SMILES string of the molecule is CSc1nnc(C(C)(C)C)c(=O)n1N=Cc1ccc(F)cc1. The van der Waals surface area contributed by atoms with E-state index in [1.54, 1.807) is 18.4 Å². The molecule has 1 aromatic heterocycles. The van der Waals surface area contributed by atoms with E-state index in [2.05, 4.69) is 15.3 Å². The van der Waals surface area contributed by atoms with Crippen LogP contribution in [-0.2, 0) is 5.41 Å². The Morgan fingerprint density at radius 3 is 2.41 bits per heavy atom. The van der Waals surface area contributed by atoms with Gasteiger partial charge in [-0.3, -0.25) is 4.79 Å². The second-order valence-electron chi connectivity index (χ2n) is 5.70. The van der Waals surface area contributed by atoms with Crippen LogP contribution in [0.15, 0.2) is 39.3 Å². The maximum Gasteiger partial charge on any atom is 0.297 e. The average Bonchev–Trinajstić information content (AvgIpc) is 2.46. The minimum Gasteiger partial charge on any atom is -0.265 e.